The minimum absolute atomic E-state index is 0.0966. The molecule has 23 heavy (non-hydrogen) atoms. The van der Waals surface area contributed by atoms with Crippen molar-refractivity contribution in [2.45, 2.75) is 51.8 Å². The Hall–Kier alpha value is -2.23. The van der Waals surface area contributed by atoms with Crippen LogP contribution in [0.1, 0.15) is 45.7 Å². The molecule has 0 aliphatic carbocycles. The number of nitrogens with zero attached hydrogens (tertiary/aromatic N) is 1. The number of hydrogen-bond acceptors (Lipinski definition) is 3. The van der Waals surface area contributed by atoms with Crippen LogP contribution in [0.15, 0.2) is 18.2 Å². The van der Waals surface area contributed by atoms with Gasteiger partial charge in [-0.25, -0.2) is 4.79 Å². The van der Waals surface area contributed by atoms with Crippen LogP contribution >= 0.6 is 0 Å². The predicted molar refractivity (Wildman–Crippen MR) is 79.9 cm³/mol. The minimum Gasteiger partial charge on any atom is -0.444 e. The van der Waals surface area contributed by atoms with Gasteiger partial charge in [-0.3, -0.25) is 5.32 Å². The molecule has 1 rings (SSSR count). The third kappa shape index (κ3) is 5.16. The Labute approximate surface area is 133 Å². The van der Waals surface area contributed by atoms with Crippen molar-refractivity contribution >= 4 is 11.8 Å². The molecule has 0 spiro atoms. The van der Waals surface area contributed by atoms with Gasteiger partial charge in [0, 0.05) is 5.69 Å². The van der Waals surface area contributed by atoms with Crippen molar-refractivity contribution in [1.82, 2.24) is 0 Å². The Morgan fingerprint density at radius 1 is 1.17 bits per heavy atom. The Morgan fingerprint density at radius 2 is 1.74 bits per heavy atom. The molecular formula is C16H19F3N2O2. The van der Waals surface area contributed by atoms with Gasteiger partial charge >= 0.3 is 12.3 Å². The van der Waals surface area contributed by atoms with E-state index < -0.39 is 28.8 Å². The highest BCUT2D eigenvalue weighted by Crippen LogP contribution is 2.36. The molecule has 0 fully saturated rings. The first-order chi connectivity index (χ1) is 10.3. The van der Waals surface area contributed by atoms with Crippen molar-refractivity contribution in [3.05, 3.63) is 29.3 Å². The first-order valence-electron chi connectivity index (χ1n) is 6.89. The molecule has 1 aromatic carbocycles. The van der Waals surface area contributed by atoms with E-state index in [0.29, 0.717) is 0 Å². The maximum atomic E-state index is 12.9. The first-order valence-corrected chi connectivity index (χ1v) is 6.89. The van der Waals surface area contributed by atoms with Crippen LogP contribution in [-0.2, 0) is 16.3 Å². The molecule has 0 unspecified atom stereocenters. The van der Waals surface area contributed by atoms with Gasteiger partial charge in [0.15, 0.2) is 0 Å². The lowest BCUT2D eigenvalue weighted by Gasteiger charge is -2.24. The van der Waals surface area contributed by atoms with E-state index in [2.05, 4.69) is 5.32 Å². The molecule has 0 aliphatic rings. The summed E-state index contributed by atoms with van der Waals surface area (Å²) in [7, 11) is 0. The smallest absolute Gasteiger partial charge is 0.416 e. The van der Waals surface area contributed by atoms with E-state index in [-0.39, 0.29) is 11.3 Å². The predicted octanol–water partition coefficient (Wildman–Crippen LogP) is 4.85. The summed E-state index contributed by atoms with van der Waals surface area (Å²) in [6.45, 7) is 8.02. The molecule has 0 saturated carbocycles. The minimum atomic E-state index is -4.56. The highest BCUT2D eigenvalue weighted by atomic mass is 19.4. The van der Waals surface area contributed by atoms with Crippen molar-refractivity contribution in [3.63, 3.8) is 0 Å². The first kappa shape index (κ1) is 18.8. The summed E-state index contributed by atoms with van der Waals surface area (Å²) in [5.74, 6) is 0. The SMILES string of the molecule is CC(C)(C)OC(=O)Nc1cc(C(F)(F)F)ccc1C(C)(C)C#N. The maximum absolute atomic E-state index is 12.9. The lowest BCUT2D eigenvalue weighted by molar-refractivity contribution is -0.137. The zero-order valence-electron chi connectivity index (χ0n) is 13.6. The van der Waals surface area contributed by atoms with Crippen LogP contribution in [0, 0.1) is 11.3 Å². The van der Waals surface area contributed by atoms with Gasteiger partial charge < -0.3 is 4.74 Å². The standard InChI is InChI=1S/C16H19F3N2O2/c1-14(2,3)23-13(22)21-12-8-10(16(17,18)19)6-7-11(12)15(4,5)9-20/h6-8H,1-5H3,(H,21,22). The van der Waals surface area contributed by atoms with Gasteiger partial charge in [0.2, 0.25) is 0 Å². The molecular weight excluding hydrogens is 309 g/mol. The van der Waals surface area contributed by atoms with Gasteiger partial charge in [0.25, 0.3) is 0 Å². The number of carbonyl (C=O) groups is 1. The van der Waals surface area contributed by atoms with Gasteiger partial charge in [-0.05, 0) is 52.3 Å². The maximum Gasteiger partial charge on any atom is 0.416 e. The lowest BCUT2D eigenvalue weighted by atomic mass is 9.84. The Bertz CT molecular complexity index is 638. The van der Waals surface area contributed by atoms with Gasteiger partial charge in [0.05, 0.1) is 17.0 Å². The van der Waals surface area contributed by atoms with Crippen molar-refractivity contribution in [1.29, 1.82) is 5.26 Å². The number of halogens is 3. The van der Waals surface area contributed by atoms with Gasteiger partial charge in [-0.15, -0.1) is 0 Å². The fourth-order valence-electron chi connectivity index (χ4n) is 1.84. The Kier molecular flexibility index (Phi) is 5.00. The average Bonchev–Trinajstić information content (AvgIpc) is 2.35. The molecule has 0 atom stereocenters. The van der Waals surface area contributed by atoms with Gasteiger partial charge in [0.1, 0.15) is 5.60 Å². The number of hydrogen-bond donors (Lipinski definition) is 1. The molecule has 1 N–H and O–H groups in total. The monoisotopic (exact) mass is 328 g/mol. The molecule has 126 valence electrons. The van der Waals surface area contributed by atoms with Gasteiger partial charge in [-0.2, -0.15) is 18.4 Å². The zero-order valence-corrected chi connectivity index (χ0v) is 13.6. The molecule has 1 amide bonds. The number of amides is 1. The normalized spacial score (nSPS) is 12.5. The number of nitriles is 1. The summed E-state index contributed by atoms with van der Waals surface area (Å²) >= 11 is 0. The number of alkyl halides is 3. The third-order valence-electron chi connectivity index (χ3n) is 2.94. The van der Waals surface area contributed by atoms with Crippen LogP contribution in [0.4, 0.5) is 23.7 Å². The van der Waals surface area contributed by atoms with Crippen molar-refractivity contribution in [2.24, 2.45) is 0 Å². The summed E-state index contributed by atoms with van der Waals surface area (Å²) in [6.07, 6.45) is -5.44. The molecule has 0 heterocycles. The number of benzene rings is 1. The van der Waals surface area contributed by atoms with Crippen LogP contribution < -0.4 is 5.32 Å². The largest absolute Gasteiger partial charge is 0.444 e. The van der Waals surface area contributed by atoms with Crippen molar-refractivity contribution in [3.8, 4) is 6.07 Å². The van der Waals surface area contributed by atoms with Crippen LogP contribution in [-0.4, -0.2) is 11.7 Å². The summed E-state index contributed by atoms with van der Waals surface area (Å²) in [5.41, 5.74) is -2.61. The number of nitrogens with one attached hydrogen (secondary N) is 1. The molecule has 4 nitrogen and oxygen atoms in total. The number of ether oxygens (including phenoxy) is 1. The van der Waals surface area contributed by atoms with E-state index in [0.717, 1.165) is 12.1 Å². The quantitative estimate of drug-likeness (QED) is 0.844. The highest BCUT2D eigenvalue weighted by molar-refractivity contribution is 5.86. The van der Waals surface area contributed by atoms with Crippen LogP contribution in [0.5, 0.6) is 0 Å². The number of anilines is 1. The zero-order chi connectivity index (χ0) is 18.1. The van der Waals surface area contributed by atoms with E-state index >= 15 is 0 Å². The molecule has 0 aliphatic heterocycles. The topological polar surface area (TPSA) is 62.1 Å². The fourth-order valence-corrected chi connectivity index (χ4v) is 1.84. The van der Waals surface area contributed by atoms with E-state index in [4.69, 9.17) is 4.74 Å². The lowest BCUT2D eigenvalue weighted by Crippen LogP contribution is -2.28. The number of carbonyl (C=O) groups excluding carboxylic acids is 1. The van der Waals surface area contributed by atoms with E-state index in [1.54, 1.807) is 34.6 Å². The Balaban J connectivity index is 3.30. The molecule has 1 aromatic rings. The van der Waals surface area contributed by atoms with E-state index in [1.807, 2.05) is 6.07 Å². The summed E-state index contributed by atoms with van der Waals surface area (Å²) < 4.78 is 43.7. The van der Waals surface area contributed by atoms with E-state index in [9.17, 15) is 23.2 Å². The third-order valence-corrected chi connectivity index (χ3v) is 2.94. The summed E-state index contributed by atoms with van der Waals surface area (Å²) in [6, 6.07) is 4.89. The second-order valence-corrected chi connectivity index (χ2v) is 6.62. The number of rotatable bonds is 2. The molecule has 0 bridgehead atoms. The van der Waals surface area contributed by atoms with E-state index in [1.165, 1.54) is 6.07 Å². The molecule has 0 radical (unpaired) electrons. The molecule has 0 saturated heterocycles. The fraction of sp³-hybridized carbons (Fsp3) is 0.500. The van der Waals surface area contributed by atoms with Crippen LogP contribution in [0.3, 0.4) is 0 Å². The van der Waals surface area contributed by atoms with Crippen molar-refractivity contribution in [2.75, 3.05) is 5.32 Å². The second-order valence-electron chi connectivity index (χ2n) is 6.62. The van der Waals surface area contributed by atoms with Crippen LogP contribution in [0.25, 0.3) is 0 Å². The summed E-state index contributed by atoms with van der Waals surface area (Å²) in [5, 5.41) is 11.5. The second kappa shape index (κ2) is 6.11. The average molecular weight is 328 g/mol. The van der Waals surface area contributed by atoms with Crippen LogP contribution in [0.2, 0.25) is 0 Å². The summed E-state index contributed by atoms with van der Waals surface area (Å²) in [4.78, 5) is 11.9. The molecule has 7 heteroatoms. The molecule has 0 aromatic heterocycles. The van der Waals surface area contributed by atoms with Crippen molar-refractivity contribution < 1.29 is 22.7 Å². The van der Waals surface area contributed by atoms with Gasteiger partial charge in [-0.1, -0.05) is 6.07 Å². The Morgan fingerprint density at radius 3 is 2.17 bits per heavy atom. The highest BCUT2D eigenvalue weighted by Gasteiger charge is 2.33.